The molecule has 0 aliphatic carbocycles. The fraction of sp³-hybridized carbons (Fsp3) is 0.417. The average Bonchev–Trinajstić information content (AvgIpc) is 2.79. The van der Waals surface area contributed by atoms with Crippen LogP contribution in [0.5, 0.6) is 0 Å². The Bertz CT molecular complexity index is 455. The third kappa shape index (κ3) is 3.58. The highest BCUT2D eigenvalue weighted by atomic mass is 127. The lowest BCUT2D eigenvalue weighted by Gasteiger charge is -2.14. The number of rotatable bonds is 4. The summed E-state index contributed by atoms with van der Waals surface area (Å²) in [4.78, 5) is 10.8. The molecule has 2 rings (SSSR count). The molecule has 0 amide bonds. The molecule has 1 aliphatic heterocycles. The van der Waals surface area contributed by atoms with Gasteiger partial charge in [0, 0.05) is 20.3 Å². The first-order valence-electron chi connectivity index (χ1n) is 5.63. The Morgan fingerprint density at radius 3 is 3.00 bits per heavy atom. The Hall–Kier alpha value is -0.340. The summed E-state index contributed by atoms with van der Waals surface area (Å²) in [7, 11) is 0. The molecule has 98 valence electrons. The summed E-state index contributed by atoms with van der Waals surface area (Å²) in [5, 5.41) is 12.1. The number of halogens is 2. The summed E-state index contributed by atoms with van der Waals surface area (Å²) in [6.07, 6.45) is 0.702. The van der Waals surface area contributed by atoms with E-state index < -0.39 is 12.1 Å². The average molecular weight is 426 g/mol. The van der Waals surface area contributed by atoms with Gasteiger partial charge in [0.25, 0.3) is 0 Å². The minimum atomic E-state index is -0.868. The minimum absolute atomic E-state index is 0.0316. The summed E-state index contributed by atoms with van der Waals surface area (Å²) in [6.45, 7) is 0.627. The SMILES string of the molecule is O=C(O)C1CCC(CNc2cc(I)ccc2Br)O1. The van der Waals surface area contributed by atoms with Crippen molar-refractivity contribution in [3.05, 3.63) is 26.2 Å². The molecule has 1 aliphatic rings. The van der Waals surface area contributed by atoms with Crippen LogP contribution in [0, 0.1) is 3.57 Å². The van der Waals surface area contributed by atoms with Gasteiger partial charge < -0.3 is 15.2 Å². The van der Waals surface area contributed by atoms with Gasteiger partial charge in [0.2, 0.25) is 0 Å². The molecule has 4 nitrogen and oxygen atoms in total. The van der Waals surface area contributed by atoms with Crippen molar-refractivity contribution in [2.45, 2.75) is 25.0 Å². The molecule has 1 aromatic carbocycles. The monoisotopic (exact) mass is 425 g/mol. The number of carbonyl (C=O) groups is 1. The van der Waals surface area contributed by atoms with E-state index in [4.69, 9.17) is 9.84 Å². The Morgan fingerprint density at radius 2 is 2.33 bits per heavy atom. The molecule has 6 heteroatoms. The lowest BCUT2D eigenvalue weighted by molar-refractivity contribution is -0.149. The fourth-order valence-corrected chi connectivity index (χ4v) is 2.77. The van der Waals surface area contributed by atoms with E-state index in [2.05, 4.69) is 43.8 Å². The maximum atomic E-state index is 10.8. The molecular weight excluding hydrogens is 413 g/mol. The maximum Gasteiger partial charge on any atom is 0.332 e. The number of hydrogen-bond donors (Lipinski definition) is 2. The van der Waals surface area contributed by atoms with E-state index >= 15 is 0 Å². The summed E-state index contributed by atoms with van der Waals surface area (Å²) >= 11 is 5.73. The zero-order valence-corrected chi connectivity index (χ0v) is 13.3. The van der Waals surface area contributed by atoms with Crippen LogP contribution in [0.25, 0.3) is 0 Å². The van der Waals surface area contributed by atoms with Gasteiger partial charge in [-0.25, -0.2) is 4.79 Å². The second kappa shape index (κ2) is 6.21. The van der Waals surface area contributed by atoms with Crippen LogP contribution < -0.4 is 5.32 Å². The predicted octanol–water partition coefficient (Wildman–Crippen LogP) is 3.10. The van der Waals surface area contributed by atoms with Gasteiger partial charge in [0.15, 0.2) is 6.10 Å². The number of benzene rings is 1. The Kier molecular flexibility index (Phi) is 4.85. The number of hydrogen-bond acceptors (Lipinski definition) is 3. The number of anilines is 1. The van der Waals surface area contributed by atoms with Crippen LogP contribution in [0.3, 0.4) is 0 Å². The first-order valence-corrected chi connectivity index (χ1v) is 7.50. The molecule has 0 spiro atoms. The number of nitrogens with one attached hydrogen (secondary N) is 1. The minimum Gasteiger partial charge on any atom is -0.479 e. The van der Waals surface area contributed by atoms with Gasteiger partial charge in [-0.2, -0.15) is 0 Å². The van der Waals surface area contributed by atoms with Crippen molar-refractivity contribution in [2.24, 2.45) is 0 Å². The van der Waals surface area contributed by atoms with E-state index in [9.17, 15) is 4.79 Å². The van der Waals surface area contributed by atoms with Crippen molar-refractivity contribution in [1.82, 2.24) is 0 Å². The molecular formula is C12H13BrINO3. The Morgan fingerprint density at radius 1 is 1.56 bits per heavy atom. The smallest absolute Gasteiger partial charge is 0.332 e. The van der Waals surface area contributed by atoms with E-state index in [0.717, 1.165) is 20.2 Å². The summed E-state index contributed by atoms with van der Waals surface area (Å²) in [6, 6.07) is 6.04. The molecule has 0 bridgehead atoms. The lowest BCUT2D eigenvalue weighted by Crippen LogP contribution is -2.24. The lowest BCUT2D eigenvalue weighted by atomic mass is 10.2. The van der Waals surface area contributed by atoms with Gasteiger partial charge in [-0.1, -0.05) is 0 Å². The molecule has 0 aromatic heterocycles. The standard InChI is InChI=1S/C12H13BrINO3/c13-9-3-1-7(14)5-10(9)15-6-8-2-4-11(18-8)12(16)17/h1,3,5,8,11,15H,2,4,6H2,(H,16,17). The largest absolute Gasteiger partial charge is 0.479 e. The van der Waals surface area contributed by atoms with E-state index in [1.54, 1.807) is 0 Å². The molecule has 1 heterocycles. The third-order valence-electron chi connectivity index (χ3n) is 2.83. The number of ether oxygens (including phenoxy) is 1. The summed E-state index contributed by atoms with van der Waals surface area (Å²) in [5.41, 5.74) is 1.00. The zero-order valence-electron chi connectivity index (χ0n) is 9.53. The topological polar surface area (TPSA) is 58.6 Å². The first-order chi connectivity index (χ1) is 8.56. The zero-order chi connectivity index (χ0) is 13.1. The Balaban J connectivity index is 1.89. The van der Waals surface area contributed by atoms with Crippen molar-refractivity contribution < 1.29 is 14.6 Å². The van der Waals surface area contributed by atoms with Gasteiger partial charge >= 0.3 is 5.97 Å². The van der Waals surface area contributed by atoms with Crippen molar-refractivity contribution in [3.63, 3.8) is 0 Å². The van der Waals surface area contributed by atoms with Crippen LogP contribution in [-0.4, -0.2) is 29.8 Å². The number of carboxylic acids is 1. The highest BCUT2D eigenvalue weighted by Gasteiger charge is 2.30. The normalized spacial score (nSPS) is 23.0. The van der Waals surface area contributed by atoms with Crippen molar-refractivity contribution in [2.75, 3.05) is 11.9 Å². The van der Waals surface area contributed by atoms with Crippen LogP contribution in [0.1, 0.15) is 12.8 Å². The van der Waals surface area contributed by atoms with Crippen LogP contribution in [0.15, 0.2) is 22.7 Å². The predicted molar refractivity (Wildman–Crippen MR) is 80.9 cm³/mol. The molecule has 0 saturated carbocycles. The highest BCUT2D eigenvalue weighted by molar-refractivity contribution is 14.1. The van der Waals surface area contributed by atoms with Crippen LogP contribution in [-0.2, 0) is 9.53 Å². The van der Waals surface area contributed by atoms with Gasteiger partial charge in [0.05, 0.1) is 6.10 Å². The quantitative estimate of drug-likeness (QED) is 0.728. The van der Waals surface area contributed by atoms with Crippen LogP contribution >= 0.6 is 38.5 Å². The van der Waals surface area contributed by atoms with Crippen LogP contribution in [0.2, 0.25) is 0 Å². The second-order valence-electron chi connectivity index (χ2n) is 4.17. The van der Waals surface area contributed by atoms with E-state index in [1.807, 2.05) is 18.2 Å². The van der Waals surface area contributed by atoms with Gasteiger partial charge in [0.1, 0.15) is 0 Å². The highest BCUT2D eigenvalue weighted by Crippen LogP contribution is 2.26. The number of aliphatic carboxylic acids is 1. The fourth-order valence-electron chi connectivity index (χ4n) is 1.89. The molecule has 1 aromatic rings. The number of carboxylic acid groups (broad SMARTS) is 1. The molecule has 0 radical (unpaired) electrons. The second-order valence-corrected chi connectivity index (χ2v) is 6.27. The molecule has 2 N–H and O–H groups in total. The maximum absolute atomic E-state index is 10.8. The molecule has 1 fully saturated rings. The van der Waals surface area contributed by atoms with Gasteiger partial charge in [-0.05, 0) is 69.6 Å². The van der Waals surface area contributed by atoms with Crippen molar-refractivity contribution in [3.8, 4) is 0 Å². The van der Waals surface area contributed by atoms with Gasteiger partial charge in [-0.3, -0.25) is 0 Å². The van der Waals surface area contributed by atoms with E-state index in [1.165, 1.54) is 0 Å². The molecule has 2 atom stereocenters. The summed E-state index contributed by atoms with van der Waals surface area (Å²) < 4.78 is 7.58. The first kappa shape index (κ1) is 14.1. The van der Waals surface area contributed by atoms with E-state index in [-0.39, 0.29) is 6.10 Å². The van der Waals surface area contributed by atoms with Crippen molar-refractivity contribution in [1.29, 1.82) is 0 Å². The van der Waals surface area contributed by atoms with E-state index in [0.29, 0.717) is 13.0 Å². The molecule has 18 heavy (non-hydrogen) atoms. The van der Waals surface area contributed by atoms with Crippen molar-refractivity contribution >= 4 is 50.2 Å². The summed E-state index contributed by atoms with van der Waals surface area (Å²) in [5.74, 6) is -0.868. The third-order valence-corrected chi connectivity index (χ3v) is 4.19. The molecule has 1 saturated heterocycles. The molecule has 2 unspecified atom stereocenters. The van der Waals surface area contributed by atoms with Crippen LogP contribution in [0.4, 0.5) is 5.69 Å². The van der Waals surface area contributed by atoms with Gasteiger partial charge in [-0.15, -0.1) is 0 Å². The Labute approximate surface area is 127 Å².